The summed E-state index contributed by atoms with van der Waals surface area (Å²) in [6, 6.07) is 2.24. The van der Waals surface area contributed by atoms with E-state index in [-0.39, 0.29) is 11.9 Å². The van der Waals surface area contributed by atoms with E-state index in [1.54, 1.807) is 13.8 Å². The maximum atomic E-state index is 11.8. The molecular formula is C12H21N3O. The zero-order chi connectivity index (χ0) is 12.3. The number of likely N-dealkylation sites (tertiary alicyclic amines) is 1. The highest BCUT2D eigenvalue weighted by atomic mass is 16.2. The minimum absolute atomic E-state index is 0.156. The molecule has 0 aromatic heterocycles. The lowest BCUT2D eigenvalue weighted by Crippen LogP contribution is -2.51. The molecule has 2 atom stereocenters. The van der Waals surface area contributed by atoms with Crippen LogP contribution in [0.5, 0.6) is 0 Å². The highest BCUT2D eigenvalue weighted by Crippen LogP contribution is 2.19. The fourth-order valence-corrected chi connectivity index (χ4v) is 1.97. The van der Waals surface area contributed by atoms with Crippen LogP contribution in [-0.4, -0.2) is 37.0 Å². The van der Waals surface area contributed by atoms with Crippen LogP contribution in [0.3, 0.4) is 0 Å². The molecule has 0 bridgehead atoms. The van der Waals surface area contributed by atoms with Crippen molar-refractivity contribution in [3.05, 3.63) is 0 Å². The summed E-state index contributed by atoms with van der Waals surface area (Å²) in [5.41, 5.74) is -0.928. The van der Waals surface area contributed by atoms with Crippen LogP contribution in [0.4, 0.5) is 0 Å². The van der Waals surface area contributed by atoms with Gasteiger partial charge in [0.2, 0.25) is 5.91 Å². The smallest absolute Gasteiger partial charge is 0.240 e. The number of hydrogen-bond donors (Lipinski definition) is 1. The van der Waals surface area contributed by atoms with Gasteiger partial charge in [-0.15, -0.1) is 0 Å². The highest BCUT2D eigenvalue weighted by molar-refractivity contribution is 5.84. The van der Waals surface area contributed by atoms with Crippen LogP contribution in [0.1, 0.15) is 27.2 Å². The van der Waals surface area contributed by atoms with Gasteiger partial charge in [0.05, 0.1) is 6.07 Å². The zero-order valence-corrected chi connectivity index (χ0v) is 10.6. The molecule has 0 aromatic rings. The molecule has 4 nitrogen and oxygen atoms in total. The summed E-state index contributed by atoms with van der Waals surface area (Å²) < 4.78 is 0. The van der Waals surface area contributed by atoms with Crippen molar-refractivity contribution in [2.45, 2.75) is 33.2 Å². The Morgan fingerprint density at radius 2 is 2.19 bits per heavy atom. The van der Waals surface area contributed by atoms with E-state index in [1.165, 1.54) is 0 Å². The largest absolute Gasteiger partial charge is 0.352 e. The minimum Gasteiger partial charge on any atom is -0.352 e. The molecule has 0 spiro atoms. The van der Waals surface area contributed by atoms with Crippen molar-refractivity contribution < 1.29 is 4.79 Å². The van der Waals surface area contributed by atoms with Crippen LogP contribution in [0.15, 0.2) is 0 Å². The number of piperidine rings is 1. The van der Waals surface area contributed by atoms with Gasteiger partial charge in [-0.3, -0.25) is 4.79 Å². The SMILES string of the molecule is CC1CN(C)CCC1NC(=O)C(C)(C)C#N. The third-order valence-electron chi connectivity index (χ3n) is 3.27. The van der Waals surface area contributed by atoms with E-state index >= 15 is 0 Å². The molecule has 1 N–H and O–H groups in total. The van der Waals surface area contributed by atoms with E-state index in [9.17, 15) is 4.79 Å². The molecule has 2 unspecified atom stereocenters. The van der Waals surface area contributed by atoms with Crippen LogP contribution < -0.4 is 5.32 Å². The molecule has 0 aliphatic carbocycles. The Morgan fingerprint density at radius 3 is 2.69 bits per heavy atom. The topological polar surface area (TPSA) is 56.1 Å². The second kappa shape index (κ2) is 4.84. The van der Waals surface area contributed by atoms with Crippen LogP contribution in [0.2, 0.25) is 0 Å². The van der Waals surface area contributed by atoms with Crippen LogP contribution in [-0.2, 0) is 4.79 Å². The van der Waals surface area contributed by atoms with Crippen molar-refractivity contribution in [1.29, 1.82) is 5.26 Å². The highest BCUT2D eigenvalue weighted by Gasteiger charge is 2.32. The summed E-state index contributed by atoms with van der Waals surface area (Å²) in [7, 11) is 2.09. The van der Waals surface area contributed by atoms with E-state index in [0.29, 0.717) is 5.92 Å². The molecule has 1 heterocycles. The molecule has 16 heavy (non-hydrogen) atoms. The molecule has 1 aliphatic heterocycles. The number of nitrogens with zero attached hydrogens (tertiary/aromatic N) is 2. The summed E-state index contributed by atoms with van der Waals surface area (Å²) in [6.45, 7) is 7.45. The monoisotopic (exact) mass is 223 g/mol. The summed E-state index contributed by atoms with van der Waals surface area (Å²) in [5, 5.41) is 11.9. The van der Waals surface area contributed by atoms with Gasteiger partial charge in [0, 0.05) is 12.6 Å². The molecule has 1 rings (SSSR count). The molecule has 0 saturated carbocycles. The van der Waals surface area contributed by atoms with E-state index in [2.05, 4.69) is 24.2 Å². The molecule has 1 amide bonds. The van der Waals surface area contributed by atoms with Gasteiger partial charge in [-0.1, -0.05) is 6.92 Å². The number of nitriles is 1. The Hall–Kier alpha value is -1.08. The van der Waals surface area contributed by atoms with Crippen molar-refractivity contribution in [2.24, 2.45) is 11.3 Å². The van der Waals surface area contributed by atoms with Crippen molar-refractivity contribution in [3.63, 3.8) is 0 Å². The molecule has 0 radical (unpaired) electrons. The van der Waals surface area contributed by atoms with Gasteiger partial charge in [-0.2, -0.15) is 5.26 Å². The second-order valence-corrected chi connectivity index (χ2v) is 5.34. The van der Waals surface area contributed by atoms with E-state index in [1.807, 2.05) is 6.07 Å². The predicted octanol–water partition coefficient (Wildman–Crippen LogP) is 0.993. The van der Waals surface area contributed by atoms with Crippen LogP contribution in [0, 0.1) is 22.7 Å². The zero-order valence-electron chi connectivity index (χ0n) is 10.6. The van der Waals surface area contributed by atoms with Crippen molar-refractivity contribution >= 4 is 5.91 Å². The van der Waals surface area contributed by atoms with Gasteiger partial charge >= 0.3 is 0 Å². The molecule has 1 aliphatic rings. The molecule has 4 heteroatoms. The van der Waals surface area contributed by atoms with Gasteiger partial charge in [0.15, 0.2) is 0 Å². The number of rotatable bonds is 2. The number of nitrogens with one attached hydrogen (secondary N) is 1. The van der Waals surface area contributed by atoms with E-state index in [0.717, 1.165) is 19.5 Å². The Bertz CT molecular complexity index is 306. The first-order valence-electron chi connectivity index (χ1n) is 5.77. The van der Waals surface area contributed by atoms with E-state index < -0.39 is 5.41 Å². The van der Waals surface area contributed by atoms with Gasteiger partial charge in [0.1, 0.15) is 5.41 Å². The lowest BCUT2D eigenvalue weighted by atomic mass is 9.90. The Kier molecular flexibility index (Phi) is 3.93. The fraction of sp³-hybridized carbons (Fsp3) is 0.833. The summed E-state index contributed by atoms with van der Waals surface area (Å²) in [5.74, 6) is 0.286. The molecule has 1 fully saturated rings. The van der Waals surface area contributed by atoms with Gasteiger partial charge in [0.25, 0.3) is 0 Å². The Balaban J connectivity index is 2.56. The predicted molar refractivity (Wildman–Crippen MR) is 62.6 cm³/mol. The van der Waals surface area contributed by atoms with Gasteiger partial charge in [-0.05, 0) is 39.8 Å². The average Bonchev–Trinajstić information content (AvgIpc) is 2.22. The third kappa shape index (κ3) is 2.96. The summed E-state index contributed by atoms with van der Waals surface area (Å²) >= 11 is 0. The summed E-state index contributed by atoms with van der Waals surface area (Å²) in [6.07, 6.45) is 0.963. The first kappa shape index (κ1) is 13.0. The summed E-state index contributed by atoms with van der Waals surface area (Å²) in [4.78, 5) is 14.1. The first-order valence-corrected chi connectivity index (χ1v) is 5.77. The maximum absolute atomic E-state index is 11.8. The maximum Gasteiger partial charge on any atom is 0.240 e. The Morgan fingerprint density at radius 1 is 1.56 bits per heavy atom. The van der Waals surface area contributed by atoms with Crippen LogP contribution >= 0.6 is 0 Å². The molecule has 0 aromatic carbocycles. The standard InChI is InChI=1S/C12H21N3O/c1-9-7-15(4)6-5-10(9)14-11(16)12(2,3)8-13/h9-10H,5-7H2,1-4H3,(H,14,16). The number of carbonyl (C=O) groups is 1. The fourth-order valence-electron chi connectivity index (χ4n) is 1.97. The molecule has 1 saturated heterocycles. The first-order chi connectivity index (χ1) is 7.36. The average molecular weight is 223 g/mol. The molecular weight excluding hydrogens is 202 g/mol. The second-order valence-electron chi connectivity index (χ2n) is 5.34. The van der Waals surface area contributed by atoms with Gasteiger partial charge < -0.3 is 10.2 Å². The van der Waals surface area contributed by atoms with Crippen LogP contribution in [0.25, 0.3) is 0 Å². The van der Waals surface area contributed by atoms with Crippen molar-refractivity contribution in [3.8, 4) is 6.07 Å². The van der Waals surface area contributed by atoms with E-state index in [4.69, 9.17) is 5.26 Å². The lowest BCUT2D eigenvalue weighted by Gasteiger charge is -2.36. The van der Waals surface area contributed by atoms with Gasteiger partial charge in [-0.25, -0.2) is 0 Å². The van der Waals surface area contributed by atoms with Crippen molar-refractivity contribution in [1.82, 2.24) is 10.2 Å². The normalized spacial score (nSPS) is 27.2. The number of carbonyl (C=O) groups excluding carboxylic acids is 1. The number of hydrogen-bond acceptors (Lipinski definition) is 3. The Labute approximate surface area is 97.6 Å². The minimum atomic E-state index is -0.928. The lowest BCUT2D eigenvalue weighted by molar-refractivity contribution is -0.128. The molecule has 90 valence electrons. The third-order valence-corrected chi connectivity index (χ3v) is 3.27. The van der Waals surface area contributed by atoms with Crippen molar-refractivity contribution in [2.75, 3.05) is 20.1 Å². The number of amides is 1. The quantitative estimate of drug-likeness (QED) is 0.759.